The highest BCUT2D eigenvalue weighted by Gasteiger charge is 2.20. The van der Waals surface area contributed by atoms with Gasteiger partial charge in [0.2, 0.25) is 5.91 Å². The van der Waals surface area contributed by atoms with Crippen LogP contribution in [0.5, 0.6) is 0 Å². The number of hydrogen-bond donors (Lipinski definition) is 1. The lowest BCUT2D eigenvalue weighted by Crippen LogP contribution is -2.36. The number of non-ortho nitro benzene ring substituents is 1. The molecule has 0 bridgehead atoms. The van der Waals surface area contributed by atoms with E-state index in [0.29, 0.717) is 31.6 Å². The van der Waals surface area contributed by atoms with Crippen molar-refractivity contribution in [1.29, 1.82) is 0 Å². The quantitative estimate of drug-likeness (QED) is 0.531. The highest BCUT2D eigenvalue weighted by molar-refractivity contribution is 5.77. The lowest BCUT2D eigenvalue weighted by Gasteiger charge is -2.29. The van der Waals surface area contributed by atoms with Crippen LogP contribution >= 0.6 is 0 Å². The van der Waals surface area contributed by atoms with E-state index in [-0.39, 0.29) is 11.6 Å². The van der Waals surface area contributed by atoms with Crippen molar-refractivity contribution in [2.45, 2.75) is 25.8 Å². The van der Waals surface area contributed by atoms with Gasteiger partial charge in [-0.15, -0.1) is 0 Å². The van der Waals surface area contributed by atoms with E-state index in [2.05, 4.69) is 0 Å². The molecule has 0 atom stereocenters. The summed E-state index contributed by atoms with van der Waals surface area (Å²) in [5, 5.41) is 10.8. The Kier molecular flexibility index (Phi) is 4.46. The van der Waals surface area contributed by atoms with E-state index < -0.39 is 4.92 Å². The molecular weight excluding hydrogens is 306 g/mol. The number of hydrogen-bond acceptors (Lipinski definition) is 4. The van der Waals surface area contributed by atoms with Gasteiger partial charge in [0, 0.05) is 37.3 Å². The lowest BCUT2D eigenvalue weighted by molar-refractivity contribution is -0.384. The number of carbonyl (C=O) groups is 1. The molecule has 0 radical (unpaired) electrons. The summed E-state index contributed by atoms with van der Waals surface area (Å²) in [7, 11) is 0. The van der Waals surface area contributed by atoms with E-state index in [4.69, 9.17) is 5.73 Å². The average molecular weight is 325 g/mol. The first kappa shape index (κ1) is 16.0. The molecule has 0 saturated carbocycles. The fourth-order valence-electron chi connectivity index (χ4n) is 3.02. The summed E-state index contributed by atoms with van der Waals surface area (Å²) >= 11 is 0. The molecule has 2 N–H and O–H groups in total. The van der Waals surface area contributed by atoms with Crippen LogP contribution in [0.1, 0.15) is 23.1 Å². The zero-order chi connectivity index (χ0) is 17.1. The van der Waals surface area contributed by atoms with Crippen LogP contribution in [0.4, 0.5) is 11.4 Å². The number of nitro groups is 1. The summed E-state index contributed by atoms with van der Waals surface area (Å²) in [6, 6.07) is 12.3. The highest BCUT2D eigenvalue weighted by Crippen LogP contribution is 2.22. The smallest absolute Gasteiger partial charge is 0.269 e. The Balaban J connectivity index is 1.62. The van der Waals surface area contributed by atoms with Crippen molar-refractivity contribution in [3.8, 4) is 0 Å². The molecule has 0 aromatic heterocycles. The van der Waals surface area contributed by atoms with Gasteiger partial charge in [-0.25, -0.2) is 0 Å². The normalized spacial score (nSPS) is 13.4. The van der Waals surface area contributed by atoms with Crippen molar-refractivity contribution in [2.75, 3.05) is 12.3 Å². The number of rotatable bonds is 4. The summed E-state index contributed by atoms with van der Waals surface area (Å²) in [6.45, 7) is 1.28. The number of benzene rings is 2. The summed E-state index contributed by atoms with van der Waals surface area (Å²) in [4.78, 5) is 24.7. The predicted octanol–water partition coefficient (Wildman–Crippen LogP) is 2.69. The van der Waals surface area contributed by atoms with Gasteiger partial charge in [-0.1, -0.05) is 18.2 Å². The second kappa shape index (κ2) is 6.70. The van der Waals surface area contributed by atoms with Crippen molar-refractivity contribution >= 4 is 17.3 Å². The number of nitrogens with zero attached hydrogens (tertiary/aromatic N) is 2. The summed E-state index contributed by atoms with van der Waals surface area (Å²) in [5.74, 6) is 0.0644. The van der Waals surface area contributed by atoms with Crippen LogP contribution in [-0.4, -0.2) is 22.3 Å². The third kappa shape index (κ3) is 3.53. The van der Waals surface area contributed by atoms with Crippen molar-refractivity contribution in [3.05, 3.63) is 69.3 Å². The Morgan fingerprint density at radius 2 is 2.04 bits per heavy atom. The van der Waals surface area contributed by atoms with Gasteiger partial charge in [-0.3, -0.25) is 14.9 Å². The van der Waals surface area contributed by atoms with Gasteiger partial charge in [0.15, 0.2) is 0 Å². The zero-order valence-corrected chi connectivity index (χ0v) is 13.3. The van der Waals surface area contributed by atoms with Gasteiger partial charge >= 0.3 is 0 Å². The number of amides is 1. The lowest BCUT2D eigenvalue weighted by atomic mass is 9.98. The van der Waals surface area contributed by atoms with E-state index >= 15 is 0 Å². The van der Waals surface area contributed by atoms with Crippen molar-refractivity contribution in [2.24, 2.45) is 0 Å². The molecule has 124 valence electrons. The maximum atomic E-state index is 12.4. The van der Waals surface area contributed by atoms with E-state index in [0.717, 1.165) is 17.5 Å². The molecule has 6 nitrogen and oxygen atoms in total. The first-order valence-corrected chi connectivity index (χ1v) is 7.91. The van der Waals surface area contributed by atoms with Crippen LogP contribution in [-0.2, 0) is 24.2 Å². The molecule has 24 heavy (non-hydrogen) atoms. The third-order valence-corrected chi connectivity index (χ3v) is 4.34. The third-order valence-electron chi connectivity index (χ3n) is 4.34. The standard InChI is InChI=1S/C18H19N3O3/c19-16-6-5-14-8-9-20(12-15(14)11-16)18(22)7-4-13-2-1-3-17(10-13)21(23)24/h1-3,5-6,10-11H,4,7-9,12,19H2. The number of nitrogen functional groups attached to an aromatic ring is 1. The summed E-state index contributed by atoms with van der Waals surface area (Å²) < 4.78 is 0. The number of fused-ring (bicyclic) bond motifs is 1. The van der Waals surface area contributed by atoms with Crippen molar-refractivity contribution in [1.82, 2.24) is 4.90 Å². The Morgan fingerprint density at radius 1 is 1.21 bits per heavy atom. The largest absolute Gasteiger partial charge is 0.399 e. The molecule has 1 aliphatic heterocycles. The molecule has 6 heteroatoms. The topological polar surface area (TPSA) is 89.5 Å². The molecule has 0 saturated heterocycles. The molecule has 0 unspecified atom stereocenters. The van der Waals surface area contributed by atoms with E-state index in [9.17, 15) is 14.9 Å². The first-order valence-electron chi connectivity index (χ1n) is 7.91. The highest BCUT2D eigenvalue weighted by atomic mass is 16.6. The van der Waals surface area contributed by atoms with Crippen molar-refractivity contribution < 1.29 is 9.72 Å². The molecule has 0 fully saturated rings. The van der Waals surface area contributed by atoms with Gasteiger partial charge < -0.3 is 10.6 Å². The molecule has 0 spiro atoms. The molecule has 1 heterocycles. The van der Waals surface area contributed by atoms with Crippen LogP contribution in [0.15, 0.2) is 42.5 Å². The van der Waals surface area contributed by atoms with Gasteiger partial charge in [-0.2, -0.15) is 0 Å². The second-order valence-corrected chi connectivity index (χ2v) is 6.02. The maximum absolute atomic E-state index is 12.4. The molecule has 2 aromatic carbocycles. The Labute approximate surface area is 140 Å². The zero-order valence-electron chi connectivity index (χ0n) is 13.3. The second-order valence-electron chi connectivity index (χ2n) is 6.02. The van der Waals surface area contributed by atoms with Crippen LogP contribution in [0.25, 0.3) is 0 Å². The number of anilines is 1. The molecule has 1 amide bonds. The fourth-order valence-corrected chi connectivity index (χ4v) is 3.02. The van der Waals surface area contributed by atoms with E-state index in [1.54, 1.807) is 6.07 Å². The van der Waals surface area contributed by atoms with Crippen LogP contribution < -0.4 is 5.73 Å². The number of aryl methyl sites for hydroxylation is 1. The molecule has 3 rings (SSSR count). The van der Waals surface area contributed by atoms with Gasteiger partial charge in [0.05, 0.1) is 4.92 Å². The van der Waals surface area contributed by atoms with Crippen LogP contribution in [0.2, 0.25) is 0 Å². The minimum atomic E-state index is -0.419. The van der Waals surface area contributed by atoms with Crippen molar-refractivity contribution in [3.63, 3.8) is 0 Å². The molecule has 1 aliphatic rings. The maximum Gasteiger partial charge on any atom is 0.269 e. The monoisotopic (exact) mass is 325 g/mol. The number of nitrogens with two attached hydrogens (primary N) is 1. The van der Waals surface area contributed by atoms with E-state index in [1.165, 1.54) is 17.7 Å². The average Bonchev–Trinajstić information content (AvgIpc) is 2.59. The minimum Gasteiger partial charge on any atom is -0.399 e. The van der Waals surface area contributed by atoms with Gasteiger partial charge in [0.1, 0.15) is 0 Å². The van der Waals surface area contributed by atoms with Gasteiger partial charge in [-0.05, 0) is 41.7 Å². The first-order chi connectivity index (χ1) is 11.5. The summed E-state index contributed by atoms with van der Waals surface area (Å²) in [5.41, 5.74) is 9.73. The molecule has 2 aromatic rings. The van der Waals surface area contributed by atoms with E-state index in [1.807, 2.05) is 29.2 Å². The molecular formula is C18H19N3O3. The number of carbonyl (C=O) groups excluding carboxylic acids is 1. The van der Waals surface area contributed by atoms with Gasteiger partial charge in [0.25, 0.3) is 5.69 Å². The fraction of sp³-hybridized carbons (Fsp3) is 0.278. The Hall–Kier alpha value is -2.89. The minimum absolute atomic E-state index is 0.0577. The molecule has 0 aliphatic carbocycles. The van der Waals surface area contributed by atoms with Crippen LogP contribution in [0, 0.1) is 10.1 Å². The van der Waals surface area contributed by atoms with Crippen LogP contribution in [0.3, 0.4) is 0 Å². The summed E-state index contributed by atoms with van der Waals surface area (Å²) in [6.07, 6.45) is 1.68. The SMILES string of the molecule is Nc1ccc2c(c1)CN(C(=O)CCc1cccc([N+](=O)[O-])c1)CC2. The number of nitro benzene ring substituents is 1. The predicted molar refractivity (Wildman–Crippen MR) is 91.4 cm³/mol. The Bertz CT molecular complexity index is 789. The Morgan fingerprint density at radius 3 is 2.83 bits per heavy atom.